The average molecular weight is 522 g/mol. The van der Waals surface area contributed by atoms with Crippen LogP contribution in [0.4, 0.5) is 14.5 Å². The van der Waals surface area contributed by atoms with Gasteiger partial charge in [0, 0.05) is 29.2 Å². The number of sulfonamides is 1. The smallest absolute Gasteiger partial charge is 0.244 e. The third-order valence-electron chi connectivity index (χ3n) is 4.74. The molecule has 1 unspecified atom stereocenters. The van der Waals surface area contributed by atoms with Crippen LogP contribution in [0.3, 0.4) is 0 Å². The molecule has 0 aliphatic rings. The van der Waals surface area contributed by atoms with E-state index in [2.05, 4.69) is 5.32 Å². The molecule has 2 rings (SSSR count). The highest BCUT2D eigenvalue weighted by molar-refractivity contribution is 7.92. The fourth-order valence-corrected chi connectivity index (χ4v) is 4.30. The Morgan fingerprint density at radius 1 is 1.09 bits per heavy atom. The van der Waals surface area contributed by atoms with Crippen LogP contribution in [0.25, 0.3) is 0 Å². The summed E-state index contributed by atoms with van der Waals surface area (Å²) in [6, 6.07) is 6.11. The van der Waals surface area contributed by atoms with E-state index in [-0.39, 0.29) is 17.3 Å². The molecule has 0 aliphatic heterocycles. The quantitative estimate of drug-likeness (QED) is 0.546. The van der Waals surface area contributed by atoms with Crippen molar-refractivity contribution in [3.05, 3.63) is 63.6 Å². The molecule has 2 amide bonds. The van der Waals surface area contributed by atoms with Crippen LogP contribution in [0, 0.1) is 11.6 Å². The number of carbonyl (C=O) groups is 2. The van der Waals surface area contributed by atoms with Crippen LogP contribution in [0.15, 0.2) is 36.4 Å². The molecular weight excluding hydrogens is 499 g/mol. The first-order valence-electron chi connectivity index (χ1n) is 9.79. The number of amides is 2. The van der Waals surface area contributed by atoms with Crippen LogP contribution >= 0.6 is 23.2 Å². The molecule has 0 radical (unpaired) electrons. The van der Waals surface area contributed by atoms with E-state index in [4.69, 9.17) is 23.2 Å². The van der Waals surface area contributed by atoms with Gasteiger partial charge < -0.3 is 10.2 Å². The van der Waals surface area contributed by atoms with Crippen molar-refractivity contribution in [1.82, 2.24) is 10.2 Å². The van der Waals surface area contributed by atoms with Gasteiger partial charge in [-0.15, -0.1) is 0 Å². The van der Waals surface area contributed by atoms with Crippen molar-refractivity contribution in [3.63, 3.8) is 0 Å². The lowest BCUT2D eigenvalue weighted by atomic mass is 10.1. The monoisotopic (exact) mass is 521 g/mol. The van der Waals surface area contributed by atoms with E-state index < -0.39 is 46.1 Å². The van der Waals surface area contributed by atoms with Crippen LogP contribution in [0.1, 0.15) is 19.4 Å². The Hall–Kier alpha value is -2.43. The lowest BCUT2D eigenvalue weighted by molar-refractivity contribution is -0.139. The molecule has 7 nitrogen and oxygen atoms in total. The van der Waals surface area contributed by atoms with Crippen molar-refractivity contribution in [2.75, 3.05) is 23.7 Å². The van der Waals surface area contributed by atoms with Crippen LogP contribution < -0.4 is 9.62 Å². The van der Waals surface area contributed by atoms with Gasteiger partial charge in [-0.3, -0.25) is 13.9 Å². The van der Waals surface area contributed by atoms with Crippen LogP contribution in [-0.4, -0.2) is 50.5 Å². The summed E-state index contributed by atoms with van der Waals surface area (Å²) < 4.78 is 52.4. The maximum Gasteiger partial charge on any atom is 0.244 e. The summed E-state index contributed by atoms with van der Waals surface area (Å²) in [5.41, 5.74) is 0.240. The molecule has 0 heterocycles. The lowest BCUT2D eigenvalue weighted by Gasteiger charge is -2.31. The van der Waals surface area contributed by atoms with Crippen molar-refractivity contribution < 1.29 is 26.8 Å². The van der Waals surface area contributed by atoms with Crippen molar-refractivity contribution >= 4 is 50.7 Å². The Labute approximate surface area is 201 Å². The summed E-state index contributed by atoms with van der Waals surface area (Å²) in [4.78, 5) is 26.9. The average Bonchev–Trinajstić information content (AvgIpc) is 2.72. The number of carbonyl (C=O) groups excluding carboxylic acids is 2. The summed E-state index contributed by atoms with van der Waals surface area (Å²) in [5.74, 6) is -3.65. The lowest BCUT2D eigenvalue weighted by Crippen LogP contribution is -2.51. The third-order valence-corrected chi connectivity index (χ3v) is 6.47. The maximum atomic E-state index is 13.7. The normalized spacial score (nSPS) is 12.2. The number of rotatable bonds is 9. The van der Waals surface area contributed by atoms with Crippen molar-refractivity contribution in [1.29, 1.82) is 0 Å². The van der Waals surface area contributed by atoms with Gasteiger partial charge in [-0.25, -0.2) is 17.2 Å². The molecule has 0 aliphatic carbocycles. The maximum absolute atomic E-state index is 13.7. The second-order valence-corrected chi connectivity index (χ2v) is 9.95. The van der Waals surface area contributed by atoms with E-state index in [1.54, 1.807) is 19.1 Å². The van der Waals surface area contributed by atoms with E-state index in [1.165, 1.54) is 13.0 Å². The van der Waals surface area contributed by atoms with Crippen LogP contribution in [0.2, 0.25) is 10.0 Å². The number of likely N-dealkylation sites (N-methyl/N-ethyl adjacent to an activating group) is 1. The van der Waals surface area contributed by atoms with E-state index in [9.17, 15) is 26.8 Å². The fraction of sp³-hybridized carbons (Fsp3) is 0.333. The molecule has 12 heteroatoms. The molecule has 2 aromatic carbocycles. The summed E-state index contributed by atoms with van der Waals surface area (Å²) in [7, 11) is -4.07. The first-order chi connectivity index (χ1) is 15.3. The summed E-state index contributed by atoms with van der Waals surface area (Å²) in [6.07, 6.45) is 0.829. The minimum atomic E-state index is -4.07. The third kappa shape index (κ3) is 7.02. The van der Waals surface area contributed by atoms with Gasteiger partial charge in [-0.1, -0.05) is 29.3 Å². The van der Waals surface area contributed by atoms with Crippen molar-refractivity contribution in [3.8, 4) is 0 Å². The van der Waals surface area contributed by atoms with Crippen molar-refractivity contribution in [2.45, 2.75) is 26.4 Å². The van der Waals surface area contributed by atoms with Gasteiger partial charge in [-0.05, 0) is 43.7 Å². The number of halogens is 4. The molecule has 1 N–H and O–H groups in total. The molecular formula is C21H23Cl2F2N3O4S. The molecule has 0 aromatic heterocycles. The van der Waals surface area contributed by atoms with Gasteiger partial charge in [-0.2, -0.15) is 0 Å². The predicted molar refractivity (Wildman–Crippen MR) is 124 cm³/mol. The van der Waals surface area contributed by atoms with Gasteiger partial charge in [0.05, 0.1) is 11.9 Å². The van der Waals surface area contributed by atoms with Gasteiger partial charge in [0.2, 0.25) is 21.8 Å². The highest BCUT2D eigenvalue weighted by Gasteiger charge is 2.30. The molecule has 0 saturated heterocycles. The molecule has 180 valence electrons. The minimum absolute atomic E-state index is 0.123. The second kappa shape index (κ2) is 11.1. The number of benzene rings is 2. The summed E-state index contributed by atoms with van der Waals surface area (Å²) in [6.45, 7) is 2.63. The number of anilines is 1. The Kier molecular flexibility index (Phi) is 9.04. The number of nitrogens with zero attached hydrogens (tertiary/aromatic N) is 2. The molecule has 0 saturated carbocycles. The Balaban J connectivity index is 2.43. The topological polar surface area (TPSA) is 86.8 Å². The van der Waals surface area contributed by atoms with Gasteiger partial charge in [0.25, 0.3) is 0 Å². The summed E-state index contributed by atoms with van der Waals surface area (Å²) >= 11 is 12.1. The molecule has 0 bridgehead atoms. The summed E-state index contributed by atoms with van der Waals surface area (Å²) in [5, 5.41) is 3.24. The Bertz CT molecular complexity index is 1150. The highest BCUT2D eigenvalue weighted by Crippen LogP contribution is 2.25. The molecule has 1 atom stereocenters. The number of hydrogen-bond acceptors (Lipinski definition) is 4. The predicted octanol–water partition coefficient (Wildman–Crippen LogP) is 3.59. The van der Waals surface area contributed by atoms with E-state index >= 15 is 0 Å². The SMILES string of the molecule is CCNC(=O)C(C)N(Cc1ccc(Cl)cc1Cl)C(=O)CN(c1ccc(F)c(F)c1)S(C)(=O)=O. The highest BCUT2D eigenvalue weighted by atomic mass is 35.5. The molecule has 33 heavy (non-hydrogen) atoms. The molecule has 0 fully saturated rings. The van der Waals surface area contributed by atoms with Gasteiger partial charge in [0.15, 0.2) is 11.6 Å². The number of hydrogen-bond donors (Lipinski definition) is 1. The number of nitrogens with one attached hydrogen (secondary N) is 1. The second-order valence-electron chi connectivity index (χ2n) is 7.20. The Morgan fingerprint density at radius 3 is 2.30 bits per heavy atom. The van der Waals surface area contributed by atoms with Crippen molar-refractivity contribution in [2.24, 2.45) is 0 Å². The van der Waals surface area contributed by atoms with Crippen LogP contribution in [0.5, 0.6) is 0 Å². The zero-order valence-corrected chi connectivity index (χ0v) is 20.4. The first-order valence-corrected chi connectivity index (χ1v) is 12.4. The minimum Gasteiger partial charge on any atom is -0.355 e. The molecule has 2 aromatic rings. The van der Waals surface area contributed by atoms with E-state index in [1.807, 2.05) is 0 Å². The zero-order chi connectivity index (χ0) is 24.9. The first kappa shape index (κ1) is 26.8. The van der Waals surface area contributed by atoms with Gasteiger partial charge in [0.1, 0.15) is 12.6 Å². The standard InChI is InChI=1S/C21H23Cl2F2N3O4S/c1-4-26-21(30)13(2)27(11-14-5-6-15(22)9-17(14)23)20(29)12-28(33(3,31)32)16-7-8-18(24)19(25)10-16/h5-10,13H,4,11-12H2,1-3H3,(H,26,30). The molecule has 0 spiro atoms. The largest absolute Gasteiger partial charge is 0.355 e. The van der Waals surface area contributed by atoms with E-state index in [0.29, 0.717) is 27.5 Å². The van der Waals surface area contributed by atoms with Gasteiger partial charge >= 0.3 is 0 Å². The fourth-order valence-electron chi connectivity index (χ4n) is 2.99. The van der Waals surface area contributed by atoms with Crippen LogP contribution in [-0.2, 0) is 26.2 Å². The Morgan fingerprint density at radius 2 is 1.76 bits per heavy atom. The zero-order valence-electron chi connectivity index (χ0n) is 18.1. The van der Waals surface area contributed by atoms with E-state index in [0.717, 1.165) is 23.3 Å².